The summed E-state index contributed by atoms with van der Waals surface area (Å²) in [5.74, 6) is -0.756. The summed E-state index contributed by atoms with van der Waals surface area (Å²) < 4.78 is 16.6. The average Bonchev–Trinajstić information content (AvgIpc) is 1.88. The molecule has 1 atom stereocenters. The highest BCUT2D eigenvalue weighted by Gasteiger charge is 2.10. The average molecular weight is 148 g/mol. The summed E-state index contributed by atoms with van der Waals surface area (Å²) in [6, 6.07) is 0. The fraction of sp³-hybridized carbons (Fsp3) is 0.857. The van der Waals surface area contributed by atoms with Crippen LogP contribution in [0.15, 0.2) is 0 Å². The van der Waals surface area contributed by atoms with Crippen molar-refractivity contribution in [3.05, 3.63) is 0 Å². The van der Waals surface area contributed by atoms with Gasteiger partial charge in [-0.05, 0) is 13.3 Å². The number of alkyl halides is 1. The highest BCUT2D eigenvalue weighted by Crippen LogP contribution is 1.94. The lowest BCUT2D eigenvalue weighted by Crippen LogP contribution is -2.15. The zero-order valence-corrected chi connectivity index (χ0v) is 6.39. The standard InChI is InChI=1S/C7H13FO2/c1-3-4-5-10-7(9)6(2)8/h6H,3-5H2,1-2H3. The third kappa shape index (κ3) is 4.30. The Morgan fingerprint density at radius 1 is 1.70 bits per heavy atom. The summed E-state index contributed by atoms with van der Waals surface area (Å²) in [5, 5.41) is 0. The van der Waals surface area contributed by atoms with Gasteiger partial charge in [0.2, 0.25) is 0 Å². The molecule has 0 aliphatic rings. The molecule has 0 aliphatic carbocycles. The summed E-state index contributed by atoms with van der Waals surface area (Å²) in [6.07, 6.45) is 0.267. The minimum Gasteiger partial charge on any atom is -0.464 e. The van der Waals surface area contributed by atoms with Crippen LogP contribution >= 0.6 is 0 Å². The van der Waals surface area contributed by atoms with Crippen LogP contribution in [0, 0.1) is 0 Å². The molecule has 0 N–H and O–H groups in total. The summed E-state index contributed by atoms with van der Waals surface area (Å²) in [7, 11) is 0. The number of esters is 1. The molecule has 0 fully saturated rings. The number of ether oxygens (including phenoxy) is 1. The smallest absolute Gasteiger partial charge is 0.340 e. The number of rotatable bonds is 4. The second kappa shape index (κ2) is 5.21. The lowest BCUT2D eigenvalue weighted by atomic mass is 10.3. The number of hydrogen-bond donors (Lipinski definition) is 0. The number of halogens is 1. The Bertz CT molecular complexity index is 102. The van der Waals surface area contributed by atoms with Gasteiger partial charge in [-0.3, -0.25) is 0 Å². The summed E-state index contributed by atoms with van der Waals surface area (Å²) in [6.45, 7) is 3.49. The van der Waals surface area contributed by atoms with Gasteiger partial charge in [0.05, 0.1) is 6.61 Å². The van der Waals surface area contributed by atoms with Gasteiger partial charge in [-0.1, -0.05) is 13.3 Å². The van der Waals surface area contributed by atoms with Crippen molar-refractivity contribution in [2.45, 2.75) is 32.9 Å². The second-order valence-corrected chi connectivity index (χ2v) is 2.14. The van der Waals surface area contributed by atoms with E-state index in [1.807, 2.05) is 6.92 Å². The molecule has 10 heavy (non-hydrogen) atoms. The van der Waals surface area contributed by atoms with Crippen molar-refractivity contribution >= 4 is 5.97 Å². The first-order chi connectivity index (χ1) is 4.68. The van der Waals surface area contributed by atoms with E-state index in [-0.39, 0.29) is 0 Å². The highest BCUT2D eigenvalue weighted by molar-refractivity contribution is 5.73. The lowest BCUT2D eigenvalue weighted by molar-refractivity contribution is -0.148. The maximum absolute atomic E-state index is 12.0. The number of carbonyl (C=O) groups excluding carboxylic acids is 1. The quantitative estimate of drug-likeness (QED) is 0.448. The molecule has 0 heterocycles. The van der Waals surface area contributed by atoms with Gasteiger partial charge < -0.3 is 4.74 Å². The van der Waals surface area contributed by atoms with E-state index in [0.717, 1.165) is 12.8 Å². The summed E-state index contributed by atoms with van der Waals surface area (Å²) in [4.78, 5) is 10.4. The van der Waals surface area contributed by atoms with Gasteiger partial charge in [0.15, 0.2) is 6.17 Å². The first kappa shape index (κ1) is 9.40. The molecule has 0 aromatic heterocycles. The van der Waals surface area contributed by atoms with Crippen LogP contribution in [-0.4, -0.2) is 18.7 Å². The van der Waals surface area contributed by atoms with Gasteiger partial charge in [-0.25, -0.2) is 9.18 Å². The minimum absolute atomic E-state index is 0.337. The van der Waals surface area contributed by atoms with Gasteiger partial charge in [0.1, 0.15) is 0 Å². The topological polar surface area (TPSA) is 26.3 Å². The van der Waals surface area contributed by atoms with E-state index in [4.69, 9.17) is 0 Å². The molecule has 0 aromatic rings. The van der Waals surface area contributed by atoms with Crippen molar-refractivity contribution < 1.29 is 13.9 Å². The summed E-state index contributed by atoms with van der Waals surface area (Å²) >= 11 is 0. The molecule has 1 unspecified atom stereocenters. The van der Waals surface area contributed by atoms with Gasteiger partial charge in [-0.15, -0.1) is 0 Å². The molecule has 0 saturated heterocycles. The van der Waals surface area contributed by atoms with Crippen LogP contribution in [-0.2, 0) is 9.53 Å². The normalized spacial score (nSPS) is 12.7. The van der Waals surface area contributed by atoms with Crippen LogP contribution < -0.4 is 0 Å². The van der Waals surface area contributed by atoms with Crippen molar-refractivity contribution in [1.82, 2.24) is 0 Å². The third-order valence-corrected chi connectivity index (χ3v) is 1.07. The fourth-order valence-corrected chi connectivity index (χ4v) is 0.432. The predicted octanol–water partition coefficient (Wildman–Crippen LogP) is 1.69. The van der Waals surface area contributed by atoms with E-state index >= 15 is 0 Å². The van der Waals surface area contributed by atoms with Gasteiger partial charge >= 0.3 is 5.97 Å². The highest BCUT2D eigenvalue weighted by atomic mass is 19.1. The van der Waals surface area contributed by atoms with Crippen LogP contribution in [0.3, 0.4) is 0 Å². The Balaban J connectivity index is 3.22. The van der Waals surface area contributed by atoms with Crippen LogP contribution in [0.5, 0.6) is 0 Å². The van der Waals surface area contributed by atoms with Crippen LogP contribution in [0.4, 0.5) is 4.39 Å². The van der Waals surface area contributed by atoms with E-state index in [9.17, 15) is 9.18 Å². The second-order valence-electron chi connectivity index (χ2n) is 2.14. The van der Waals surface area contributed by atoms with Crippen molar-refractivity contribution in [2.75, 3.05) is 6.61 Å². The molecule has 0 amide bonds. The molecule has 60 valence electrons. The van der Waals surface area contributed by atoms with E-state index < -0.39 is 12.1 Å². The predicted molar refractivity (Wildman–Crippen MR) is 36.4 cm³/mol. The van der Waals surface area contributed by atoms with Gasteiger partial charge in [-0.2, -0.15) is 0 Å². The Morgan fingerprint density at radius 2 is 2.30 bits per heavy atom. The molecule has 0 aromatic carbocycles. The molecule has 3 heteroatoms. The van der Waals surface area contributed by atoms with E-state index in [1.165, 1.54) is 6.92 Å². The molecular weight excluding hydrogens is 135 g/mol. The maximum Gasteiger partial charge on any atom is 0.340 e. The molecule has 0 spiro atoms. The first-order valence-electron chi connectivity index (χ1n) is 3.49. The van der Waals surface area contributed by atoms with Crippen molar-refractivity contribution in [3.63, 3.8) is 0 Å². The molecule has 0 aliphatic heterocycles. The van der Waals surface area contributed by atoms with Gasteiger partial charge in [0, 0.05) is 0 Å². The van der Waals surface area contributed by atoms with Crippen LogP contribution in [0.25, 0.3) is 0 Å². The Kier molecular flexibility index (Phi) is 4.89. The molecule has 0 rings (SSSR count). The maximum atomic E-state index is 12.0. The van der Waals surface area contributed by atoms with Crippen molar-refractivity contribution in [3.8, 4) is 0 Å². The van der Waals surface area contributed by atoms with Crippen molar-refractivity contribution in [1.29, 1.82) is 0 Å². The number of hydrogen-bond acceptors (Lipinski definition) is 2. The number of carbonyl (C=O) groups is 1. The number of unbranched alkanes of at least 4 members (excludes halogenated alkanes) is 1. The monoisotopic (exact) mass is 148 g/mol. The Morgan fingerprint density at radius 3 is 2.70 bits per heavy atom. The molecule has 0 radical (unpaired) electrons. The van der Waals surface area contributed by atoms with E-state index in [0.29, 0.717) is 6.61 Å². The first-order valence-corrected chi connectivity index (χ1v) is 3.49. The minimum atomic E-state index is -1.49. The van der Waals surface area contributed by atoms with Gasteiger partial charge in [0.25, 0.3) is 0 Å². The summed E-state index contributed by atoms with van der Waals surface area (Å²) in [5.41, 5.74) is 0. The third-order valence-electron chi connectivity index (χ3n) is 1.07. The molecule has 2 nitrogen and oxygen atoms in total. The Labute approximate surface area is 60.4 Å². The van der Waals surface area contributed by atoms with Crippen LogP contribution in [0.2, 0.25) is 0 Å². The van der Waals surface area contributed by atoms with Crippen molar-refractivity contribution in [2.24, 2.45) is 0 Å². The molecular formula is C7H13FO2. The Hall–Kier alpha value is -0.600. The fourth-order valence-electron chi connectivity index (χ4n) is 0.432. The lowest BCUT2D eigenvalue weighted by Gasteiger charge is -2.02. The largest absolute Gasteiger partial charge is 0.464 e. The zero-order chi connectivity index (χ0) is 7.98. The van der Waals surface area contributed by atoms with E-state index in [2.05, 4.69) is 4.74 Å². The molecule has 0 bridgehead atoms. The SMILES string of the molecule is CCCCOC(=O)C(C)F. The zero-order valence-electron chi connectivity index (χ0n) is 6.39. The molecule has 0 saturated carbocycles. The van der Waals surface area contributed by atoms with E-state index in [1.54, 1.807) is 0 Å². The van der Waals surface area contributed by atoms with Crippen LogP contribution in [0.1, 0.15) is 26.7 Å².